The molecule has 68 valence electrons. The van der Waals surface area contributed by atoms with Crippen molar-refractivity contribution in [1.82, 2.24) is 4.57 Å². The highest BCUT2D eigenvalue weighted by molar-refractivity contribution is 5.92. The molecule has 2 nitrogen and oxygen atoms in total. The van der Waals surface area contributed by atoms with E-state index >= 15 is 0 Å². The van der Waals surface area contributed by atoms with Crippen LogP contribution in [-0.4, -0.2) is 4.57 Å². The lowest BCUT2D eigenvalue weighted by molar-refractivity contribution is 0.770. The Morgan fingerprint density at radius 2 is 2.15 bits per heavy atom. The Hall–Kier alpha value is -1.44. The molecule has 0 aliphatic rings. The lowest BCUT2D eigenvalue weighted by Gasteiger charge is -2.03. The standard InChI is InChI=1S/C11H14N2/c1-3-13-8(2)7-9-10(12)5-4-6-11(9)13/h4-7H,3,12H2,1-2H3. The number of hydrogen-bond donors (Lipinski definition) is 1. The highest BCUT2D eigenvalue weighted by atomic mass is 15.0. The molecule has 2 heteroatoms. The van der Waals surface area contributed by atoms with Crippen molar-refractivity contribution in [1.29, 1.82) is 0 Å². The van der Waals surface area contributed by atoms with Crippen LogP contribution in [0.1, 0.15) is 12.6 Å². The molecule has 13 heavy (non-hydrogen) atoms. The summed E-state index contributed by atoms with van der Waals surface area (Å²) >= 11 is 0. The first-order valence-electron chi connectivity index (χ1n) is 4.58. The average molecular weight is 174 g/mol. The van der Waals surface area contributed by atoms with E-state index in [0.29, 0.717) is 0 Å². The molecule has 0 saturated carbocycles. The summed E-state index contributed by atoms with van der Waals surface area (Å²) in [4.78, 5) is 0. The highest BCUT2D eigenvalue weighted by Crippen LogP contribution is 2.24. The molecular formula is C11H14N2. The van der Waals surface area contributed by atoms with E-state index in [-0.39, 0.29) is 0 Å². The third-order valence-electron chi connectivity index (χ3n) is 2.50. The van der Waals surface area contributed by atoms with Gasteiger partial charge in [-0.1, -0.05) is 6.07 Å². The van der Waals surface area contributed by atoms with E-state index in [1.807, 2.05) is 12.1 Å². The van der Waals surface area contributed by atoms with Crippen LogP contribution < -0.4 is 5.73 Å². The van der Waals surface area contributed by atoms with E-state index < -0.39 is 0 Å². The molecule has 0 spiro atoms. The van der Waals surface area contributed by atoms with Crippen molar-refractivity contribution < 1.29 is 0 Å². The van der Waals surface area contributed by atoms with E-state index in [4.69, 9.17) is 5.73 Å². The fourth-order valence-corrected chi connectivity index (χ4v) is 1.86. The zero-order valence-corrected chi connectivity index (χ0v) is 8.04. The number of nitrogen functional groups attached to an aromatic ring is 1. The van der Waals surface area contributed by atoms with E-state index in [2.05, 4.69) is 30.5 Å². The van der Waals surface area contributed by atoms with Crippen molar-refractivity contribution in [2.24, 2.45) is 0 Å². The van der Waals surface area contributed by atoms with E-state index in [1.54, 1.807) is 0 Å². The maximum Gasteiger partial charge on any atom is 0.0503 e. The molecular weight excluding hydrogens is 160 g/mol. The molecule has 0 bridgehead atoms. The van der Waals surface area contributed by atoms with Crippen LogP contribution >= 0.6 is 0 Å². The van der Waals surface area contributed by atoms with E-state index in [1.165, 1.54) is 16.6 Å². The third-order valence-corrected chi connectivity index (χ3v) is 2.50. The number of anilines is 1. The van der Waals surface area contributed by atoms with Gasteiger partial charge in [-0.3, -0.25) is 0 Å². The number of benzene rings is 1. The lowest BCUT2D eigenvalue weighted by atomic mass is 10.2. The van der Waals surface area contributed by atoms with Crippen LogP contribution in [0.4, 0.5) is 5.69 Å². The number of fused-ring (bicyclic) bond motifs is 1. The fourth-order valence-electron chi connectivity index (χ4n) is 1.86. The number of hydrogen-bond acceptors (Lipinski definition) is 1. The van der Waals surface area contributed by atoms with Crippen LogP contribution in [-0.2, 0) is 6.54 Å². The summed E-state index contributed by atoms with van der Waals surface area (Å²) in [6, 6.07) is 8.21. The largest absolute Gasteiger partial charge is 0.398 e. The lowest BCUT2D eigenvalue weighted by Crippen LogP contribution is -1.95. The first kappa shape index (κ1) is 8.17. The van der Waals surface area contributed by atoms with Gasteiger partial charge < -0.3 is 10.3 Å². The summed E-state index contributed by atoms with van der Waals surface area (Å²) in [6.45, 7) is 5.26. The summed E-state index contributed by atoms with van der Waals surface area (Å²) in [6.07, 6.45) is 0. The third kappa shape index (κ3) is 1.10. The van der Waals surface area contributed by atoms with Crippen LogP contribution in [0.2, 0.25) is 0 Å². The van der Waals surface area contributed by atoms with Gasteiger partial charge in [-0.2, -0.15) is 0 Å². The topological polar surface area (TPSA) is 30.9 Å². The van der Waals surface area contributed by atoms with Crippen LogP contribution in [0.3, 0.4) is 0 Å². The Morgan fingerprint density at radius 3 is 2.85 bits per heavy atom. The molecule has 0 aliphatic heterocycles. The molecule has 0 unspecified atom stereocenters. The van der Waals surface area contributed by atoms with Crippen molar-refractivity contribution in [3.8, 4) is 0 Å². The zero-order chi connectivity index (χ0) is 9.42. The fraction of sp³-hybridized carbons (Fsp3) is 0.273. The van der Waals surface area contributed by atoms with E-state index in [0.717, 1.165) is 12.2 Å². The van der Waals surface area contributed by atoms with Gasteiger partial charge in [0.05, 0.1) is 5.52 Å². The van der Waals surface area contributed by atoms with E-state index in [9.17, 15) is 0 Å². The van der Waals surface area contributed by atoms with Gasteiger partial charge in [0.25, 0.3) is 0 Å². The number of nitrogens with two attached hydrogens (primary N) is 1. The summed E-state index contributed by atoms with van der Waals surface area (Å²) in [5.41, 5.74) is 9.26. The molecule has 1 heterocycles. The average Bonchev–Trinajstić information content (AvgIpc) is 2.43. The molecule has 1 aromatic heterocycles. The number of aryl methyl sites for hydroxylation is 2. The summed E-state index contributed by atoms with van der Waals surface area (Å²) in [5, 5.41) is 1.17. The molecule has 0 aliphatic carbocycles. The highest BCUT2D eigenvalue weighted by Gasteiger charge is 2.04. The molecule has 2 aromatic rings. The monoisotopic (exact) mass is 174 g/mol. The first-order valence-corrected chi connectivity index (χ1v) is 4.58. The van der Waals surface area contributed by atoms with Crippen molar-refractivity contribution >= 4 is 16.6 Å². The zero-order valence-electron chi connectivity index (χ0n) is 8.04. The molecule has 0 amide bonds. The Kier molecular flexibility index (Phi) is 1.76. The minimum atomic E-state index is 0.868. The Morgan fingerprint density at radius 1 is 1.38 bits per heavy atom. The predicted molar refractivity (Wildman–Crippen MR) is 56.8 cm³/mol. The SMILES string of the molecule is CCn1c(C)cc2c(N)cccc21. The molecule has 2 rings (SSSR count). The van der Waals surface area contributed by atoms with Gasteiger partial charge in [-0.25, -0.2) is 0 Å². The van der Waals surface area contributed by atoms with Crippen LogP contribution in [0, 0.1) is 6.92 Å². The second-order valence-electron chi connectivity index (χ2n) is 3.31. The molecule has 0 saturated heterocycles. The van der Waals surface area contributed by atoms with Gasteiger partial charge in [0.1, 0.15) is 0 Å². The molecule has 2 N–H and O–H groups in total. The van der Waals surface area contributed by atoms with Crippen LogP contribution in [0.15, 0.2) is 24.3 Å². The van der Waals surface area contributed by atoms with Gasteiger partial charge >= 0.3 is 0 Å². The van der Waals surface area contributed by atoms with Crippen LogP contribution in [0.25, 0.3) is 10.9 Å². The van der Waals surface area contributed by atoms with Crippen LogP contribution in [0.5, 0.6) is 0 Å². The molecule has 0 atom stereocenters. The van der Waals surface area contributed by atoms with Gasteiger partial charge in [-0.05, 0) is 32.0 Å². The minimum Gasteiger partial charge on any atom is -0.398 e. The van der Waals surface area contributed by atoms with Crippen molar-refractivity contribution in [3.05, 3.63) is 30.0 Å². The smallest absolute Gasteiger partial charge is 0.0503 e. The molecule has 1 aromatic carbocycles. The Balaban J connectivity index is 2.86. The summed E-state index contributed by atoms with van der Waals surface area (Å²) in [5.74, 6) is 0. The Labute approximate surface area is 78.0 Å². The summed E-state index contributed by atoms with van der Waals surface area (Å²) < 4.78 is 2.27. The predicted octanol–water partition coefficient (Wildman–Crippen LogP) is 2.55. The van der Waals surface area contributed by atoms with Crippen molar-refractivity contribution in [2.75, 3.05) is 5.73 Å². The summed E-state index contributed by atoms with van der Waals surface area (Å²) in [7, 11) is 0. The second kappa shape index (κ2) is 2.80. The van der Waals surface area contributed by atoms with Gasteiger partial charge in [0.15, 0.2) is 0 Å². The van der Waals surface area contributed by atoms with Gasteiger partial charge in [0.2, 0.25) is 0 Å². The molecule has 0 fully saturated rings. The minimum absolute atomic E-state index is 0.868. The molecule has 0 radical (unpaired) electrons. The quantitative estimate of drug-likeness (QED) is 0.662. The normalized spacial score (nSPS) is 10.9. The number of rotatable bonds is 1. The second-order valence-corrected chi connectivity index (χ2v) is 3.31. The number of nitrogens with zero attached hydrogens (tertiary/aromatic N) is 1. The van der Waals surface area contributed by atoms with Crippen molar-refractivity contribution in [3.63, 3.8) is 0 Å². The Bertz CT molecular complexity index is 441. The first-order chi connectivity index (χ1) is 6.24. The maximum absolute atomic E-state index is 5.88. The van der Waals surface area contributed by atoms with Gasteiger partial charge in [-0.15, -0.1) is 0 Å². The van der Waals surface area contributed by atoms with Crippen molar-refractivity contribution in [2.45, 2.75) is 20.4 Å². The maximum atomic E-state index is 5.88. The van der Waals surface area contributed by atoms with Gasteiger partial charge in [0, 0.05) is 23.3 Å². The number of aromatic nitrogens is 1.